The number of fused-ring (bicyclic) bond motifs is 6. The lowest BCUT2D eigenvalue weighted by Crippen LogP contribution is -2.29. The van der Waals surface area contributed by atoms with E-state index in [0.717, 1.165) is 24.2 Å². The van der Waals surface area contributed by atoms with Gasteiger partial charge < -0.3 is 9.47 Å². The molecule has 0 N–H and O–H groups in total. The van der Waals surface area contributed by atoms with Gasteiger partial charge in [0.25, 0.3) is 0 Å². The monoisotopic (exact) mass is 728 g/mol. The van der Waals surface area contributed by atoms with E-state index >= 15 is 0 Å². The topological polar surface area (TPSA) is 8.17 Å². The van der Waals surface area contributed by atoms with E-state index < -0.39 is 5.41 Å². The molecule has 1 heterocycles. The molecule has 57 heavy (non-hydrogen) atoms. The van der Waals surface area contributed by atoms with E-state index in [9.17, 15) is 0 Å². The van der Waals surface area contributed by atoms with Crippen molar-refractivity contribution in [3.8, 4) is 16.8 Å². The van der Waals surface area contributed by atoms with Gasteiger partial charge in [-0.3, -0.25) is 0 Å². The molecule has 2 heteroatoms. The second-order valence-corrected chi connectivity index (χ2v) is 15.2. The minimum absolute atomic E-state index is 0.467. The lowest BCUT2D eigenvalue weighted by Gasteiger charge is -2.35. The number of benzene rings is 8. The van der Waals surface area contributed by atoms with Crippen molar-refractivity contribution in [3.05, 3.63) is 252 Å². The summed E-state index contributed by atoms with van der Waals surface area (Å²) in [6.07, 6.45) is 6.73. The molecule has 1 aromatic heterocycles. The Kier molecular flexibility index (Phi) is 7.89. The lowest BCUT2D eigenvalue weighted by molar-refractivity contribution is 0.768. The summed E-state index contributed by atoms with van der Waals surface area (Å²) in [5.74, 6) is 0. The molecule has 0 amide bonds. The first kappa shape index (κ1) is 33.2. The Balaban J connectivity index is 1.09. The summed E-state index contributed by atoms with van der Waals surface area (Å²) in [6.45, 7) is 0. The van der Waals surface area contributed by atoms with Crippen LogP contribution in [0.2, 0.25) is 0 Å². The summed E-state index contributed by atoms with van der Waals surface area (Å²) in [7, 11) is 0. The minimum Gasteiger partial charge on any atom is -0.314 e. The van der Waals surface area contributed by atoms with Gasteiger partial charge in [-0.1, -0.05) is 164 Å². The van der Waals surface area contributed by atoms with Gasteiger partial charge in [0.15, 0.2) is 0 Å². The molecule has 2 aliphatic rings. The molecule has 0 saturated heterocycles. The normalized spacial score (nSPS) is 14.2. The molecule has 0 unspecified atom stereocenters. The Morgan fingerprint density at radius 1 is 0.456 bits per heavy atom. The number of nitrogens with zero attached hydrogens (tertiary/aromatic N) is 2. The van der Waals surface area contributed by atoms with E-state index in [2.05, 4.69) is 228 Å². The zero-order valence-corrected chi connectivity index (χ0v) is 31.6. The van der Waals surface area contributed by atoms with Gasteiger partial charge in [-0.05, 0) is 112 Å². The van der Waals surface area contributed by atoms with Gasteiger partial charge in [0, 0.05) is 33.5 Å². The summed E-state index contributed by atoms with van der Waals surface area (Å²) < 4.78 is 2.41. The summed E-state index contributed by atoms with van der Waals surface area (Å²) in [4.78, 5) is 2.50. The number of hydrogen-bond donors (Lipinski definition) is 0. The van der Waals surface area contributed by atoms with Crippen LogP contribution in [0.5, 0.6) is 0 Å². The Hall–Kier alpha value is -7.16. The lowest BCUT2D eigenvalue weighted by atomic mass is 9.67. The number of hydrogen-bond acceptors (Lipinski definition) is 1. The average molecular weight is 729 g/mol. The summed E-state index contributed by atoms with van der Waals surface area (Å²) >= 11 is 0. The number of anilines is 2. The van der Waals surface area contributed by atoms with Gasteiger partial charge >= 0.3 is 0 Å². The van der Waals surface area contributed by atoms with E-state index in [1.165, 1.54) is 77.7 Å². The molecular formula is C55H40N2. The standard InChI is InChI=1S/C55H40N2/c1-5-19-41(20-6-1)55(42-21-7-2-8-22-42)51-30-15-13-28-47(51)48-35-33-46(38-52(48)55)56(43-23-9-3-10-24-43)45-27-17-18-39(36-45)40-32-34-50-49-29-14-16-31-53(49)57(54(50)37-40)44-25-11-4-12-26-44/h1-16,18-26,28-38H,17,27H2. The van der Waals surface area contributed by atoms with Gasteiger partial charge in [0.05, 0.1) is 16.4 Å². The van der Waals surface area contributed by atoms with E-state index in [-0.39, 0.29) is 0 Å². The van der Waals surface area contributed by atoms with Crippen molar-refractivity contribution in [1.82, 2.24) is 4.57 Å². The quantitative estimate of drug-likeness (QED) is 0.159. The molecule has 0 radical (unpaired) electrons. The Labute approximate surface area is 333 Å². The smallest absolute Gasteiger partial charge is 0.0714 e. The zero-order valence-electron chi connectivity index (χ0n) is 31.6. The number of allylic oxidation sites excluding steroid dienone is 4. The van der Waals surface area contributed by atoms with Gasteiger partial charge in [-0.15, -0.1) is 0 Å². The van der Waals surface area contributed by atoms with Crippen LogP contribution in [-0.2, 0) is 5.41 Å². The fourth-order valence-electron chi connectivity index (χ4n) is 9.70. The fraction of sp³-hybridized carbons (Fsp3) is 0.0545. The van der Waals surface area contributed by atoms with Crippen LogP contribution in [-0.4, -0.2) is 4.57 Å². The van der Waals surface area contributed by atoms with Crippen molar-refractivity contribution in [2.75, 3.05) is 4.90 Å². The van der Waals surface area contributed by atoms with Crippen molar-refractivity contribution in [2.45, 2.75) is 18.3 Å². The highest BCUT2D eigenvalue weighted by molar-refractivity contribution is 6.10. The summed E-state index contributed by atoms with van der Waals surface area (Å²) in [5.41, 5.74) is 17.0. The van der Waals surface area contributed by atoms with Crippen LogP contribution in [0.1, 0.15) is 40.7 Å². The maximum absolute atomic E-state index is 2.50. The number of para-hydroxylation sites is 3. The van der Waals surface area contributed by atoms with Crippen LogP contribution >= 0.6 is 0 Å². The van der Waals surface area contributed by atoms with Crippen LogP contribution in [0.4, 0.5) is 11.4 Å². The van der Waals surface area contributed by atoms with Gasteiger partial charge in [0.2, 0.25) is 0 Å². The Bertz CT molecular complexity index is 2950. The molecule has 0 fully saturated rings. The largest absolute Gasteiger partial charge is 0.314 e. The molecule has 9 aromatic rings. The molecule has 0 saturated carbocycles. The van der Waals surface area contributed by atoms with E-state index in [1.807, 2.05) is 0 Å². The average Bonchev–Trinajstić information content (AvgIpc) is 3.78. The second kappa shape index (κ2) is 13.5. The fourth-order valence-corrected chi connectivity index (χ4v) is 9.70. The third-order valence-corrected chi connectivity index (χ3v) is 12.1. The molecule has 11 rings (SSSR count). The van der Waals surface area contributed by atoms with Crippen LogP contribution in [0.3, 0.4) is 0 Å². The Morgan fingerprint density at radius 2 is 1.07 bits per heavy atom. The maximum Gasteiger partial charge on any atom is 0.0714 e. The van der Waals surface area contributed by atoms with Crippen LogP contribution in [0.25, 0.3) is 44.2 Å². The molecule has 0 spiro atoms. The van der Waals surface area contributed by atoms with Gasteiger partial charge in [-0.25, -0.2) is 0 Å². The van der Waals surface area contributed by atoms with E-state index in [0.29, 0.717) is 0 Å². The molecule has 8 aromatic carbocycles. The van der Waals surface area contributed by atoms with Crippen molar-refractivity contribution >= 4 is 38.8 Å². The summed E-state index contributed by atoms with van der Waals surface area (Å²) in [6, 6.07) is 75.7. The van der Waals surface area contributed by atoms with Crippen LogP contribution in [0.15, 0.2) is 224 Å². The predicted octanol–water partition coefficient (Wildman–Crippen LogP) is 14.0. The molecule has 2 aliphatic carbocycles. The van der Waals surface area contributed by atoms with Gasteiger partial charge in [-0.2, -0.15) is 0 Å². The summed E-state index contributed by atoms with van der Waals surface area (Å²) in [5, 5.41) is 2.54. The molecular weight excluding hydrogens is 689 g/mol. The van der Waals surface area contributed by atoms with Crippen LogP contribution < -0.4 is 4.90 Å². The van der Waals surface area contributed by atoms with Crippen molar-refractivity contribution in [3.63, 3.8) is 0 Å². The van der Waals surface area contributed by atoms with Crippen molar-refractivity contribution in [2.24, 2.45) is 0 Å². The van der Waals surface area contributed by atoms with Crippen molar-refractivity contribution < 1.29 is 0 Å². The second-order valence-electron chi connectivity index (χ2n) is 15.2. The highest BCUT2D eigenvalue weighted by Crippen LogP contribution is 2.57. The van der Waals surface area contributed by atoms with Gasteiger partial charge in [0.1, 0.15) is 0 Å². The van der Waals surface area contributed by atoms with E-state index in [1.54, 1.807) is 0 Å². The number of aromatic nitrogens is 1. The van der Waals surface area contributed by atoms with E-state index in [4.69, 9.17) is 0 Å². The third kappa shape index (κ3) is 5.25. The molecule has 0 aliphatic heterocycles. The minimum atomic E-state index is -0.467. The first-order valence-electron chi connectivity index (χ1n) is 20.0. The number of rotatable bonds is 7. The molecule has 0 atom stereocenters. The molecule has 0 bridgehead atoms. The maximum atomic E-state index is 2.50. The highest BCUT2D eigenvalue weighted by Gasteiger charge is 2.46. The third-order valence-electron chi connectivity index (χ3n) is 12.1. The van der Waals surface area contributed by atoms with Crippen molar-refractivity contribution in [1.29, 1.82) is 0 Å². The molecule has 2 nitrogen and oxygen atoms in total. The SMILES string of the molecule is C1=C(c2ccc3c4ccccc4n(-c4ccccc4)c3c2)C=C(N(c2ccccc2)c2ccc3c(c2)C(c2ccccc2)(c2ccccc2)c2ccccc2-3)CC1. The zero-order chi connectivity index (χ0) is 37.8. The predicted molar refractivity (Wildman–Crippen MR) is 238 cm³/mol. The molecule has 270 valence electrons. The first-order valence-corrected chi connectivity index (χ1v) is 20.0. The highest BCUT2D eigenvalue weighted by atomic mass is 15.1. The Morgan fingerprint density at radius 3 is 1.82 bits per heavy atom. The first-order chi connectivity index (χ1) is 28.3. The van der Waals surface area contributed by atoms with Crippen LogP contribution in [0, 0.1) is 0 Å².